The fourth-order valence-corrected chi connectivity index (χ4v) is 2.58. The Morgan fingerprint density at radius 1 is 1.21 bits per heavy atom. The number of imidazole rings is 1. The zero-order valence-electron chi connectivity index (χ0n) is 13.7. The fraction of sp³-hybridized carbons (Fsp3) is 0.222. The minimum Gasteiger partial charge on any atom is -0.346 e. The van der Waals surface area contributed by atoms with Gasteiger partial charge in [0.2, 0.25) is 0 Å². The second-order valence-corrected chi connectivity index (χ2v) is 5.85. The Bertz CT molecular complexity index is 872. The van der Waals surface area contributed by atoms with Crippen LogP contribution >= 0.6 is 0 Å². The maximum absolute atomic E-state index is 13.7. The molecular formula is C18H19FN4O. The van der Waals surface area contributed by atoms with Gasteiger partial charge in [0.05, 0.1) is 5.69 Å². The Kier molecular flexibility index (Phi) is 4.57. The Morgan fingerprint density at radius 2 is 1.96 bits per heavy atom. The molecular weight excluding hydrogens is 307 g/mol. The first kappa shape index (κ1) is 16.1. The van der Waals surface area contributed by atoms with Crippen molar-refractivity contribution in [2.24, 2.45) is 0 Å². The third-order valence-corrected chi connectivity index (χ3v) is 3.71. The van der Waals surface area contributed by atoms with Crippen molar-refractivity contribution in [2.45, 2.75) is 13.1 Å². The molecule has 0 spiro atoms. The molecule has 0 aliphatic heterocycles. The number of halogens is 1. The Labute approximate surface area is 139 Å². The highest BCUT2D eigenvalue weighted by atomic mass is 19.1. The van der Waals surface area contributed by atoms with Gasteiger partial charge in [-0.1, -0.05) is 24.3 Å². The summed E-state index contributed by atoms with van der Waals surface area (Å²) in [5.41, 5.74) is 2.34. The molecule has 6 heteroatoms. The lowest BCUT2D eigenvalue weighted by molar-refractivity contribution is 0.0944. The molecule has 0 bridgehead atoms. The Hall–Kier alpha value is -2.73. The van der Waals surface area contributed by atoms with E-state index in [9.17, 15) is 9.18 Å². The molecule has 1 N–H and O–H groups in total. The summed E-state index contributed by atoms with van der Waals surface area (Å²) in [5.74, 6) is -0.639. The molecule has 0 aliphatic rings. The van der Waals surface area contributed by atoms with Gasteiger partial charge in [0.1, 0.15) is 11.5 Å². The molecule has 2 heterocycles. The quantitative estimate of drug-likeness (QED) is 0.783. The van der Waals surface area contributed by atoms with Gasteiger partial charge in [0.25, 0.3) is 5.91 Å². The van der Waals surface area contributed by atoms with Gasteiger partial charge in [-0.15, -0.1) is 0 Å². The van der Waals surface area contributed by atoms with Crippen molar-refractivity contribution in [1.29, 1.82) is 0 Å². The molecule has 0 saturated heterocycles. The van der Waals surface area contributed by atoms with Gasteiger partial charge in [0.15, 0.2) is 5.69 Å². The summed E-state index contributed by atoms with van der Waals surface area (Å²) < 4.78 is 15.6. The lowest BCUT2D eigenvalue weighted by Crippen LogP contribution is -2.26. The summed E-state index contributed by atoms with van der Waals surface area (Å²) in [6, 6.07) is 12.0. The highest BCUT2D eigenvalue weighted by molar-refractivity contribution is 5.94. The molecule has 0 fully saturated rings. The predicted molar refractivity (Wildman–Crippen MR) is 90.2 cm³/mol. The van der Waals surface area contributed by atoms with Crippen LogP contribution < -0.4 is 5.32 Å². The average molecular weight is 326 g/mol. The number of hydrogen-bond acceptors (Lipinski definition) is 3. The van der Waals surface area contributed by atoms with Crippen LogP contribution in [0.5, 0.6) is 0 Å². The number of fused-ring (bicyclic) bond motifs is 1. The number of hydrogen-bond donors (Lipinski definition) is 1. The smallest absolute Gasteiger partial charge is 0.272 e. The van der Waals surface area contributed by atoms with Gasteiger partial charge in [-0.3, -0.25) is 4.79 Å². The number of pyridine rings is 1. The van der Waals surface area contributed by atoms with E-state index in [-0.39, 0.29) is 18.3 Å². The number of carbonyl (C=O) groups is 1. The minimum absolute atomic E-state index is 0.126. The highest BCUT2D eigenvalue weighted by Gasteiger charge is 2.19. The molecule has 24 heavy (non-hydrogen) atoms. The summed E-state index contributed by atoms with van der Waals surface area (Å²) in [6.07, 6.45) is 1.88. The SMILES string of the molecule is CN(C)Cc1c(C(=O)NCc2ccccc2F)nc2ccccn12. The normalized spacial score (nSPS) is 11.2. The van der Waals surface area contributed by atoms with Crippen LogP contribution in [0, 0.1) is 5.82 Å². The van der Waals surface area contributed by atoms with Crippen molar-refractivity contribution in [3.05, 3.63) is 71.4 Å². The van der Waals surface area contributed by atoms with Crippen LogP contribution in [0.1, 0.15) is 21.7 Å². The van der Waals surface area contributed by atoms with Gasteiger partial charge in [-0.2, -0.15) is 0 Å². The summed E-state index contributed by atoms with van der Waals surface area (Å²) in [5, 5.41) is 2.76. The largest absolute Gasteiger partial charge is 0.346 e. The van der Waals surface area contributed by atoms with E-state index in [2.05, 4.69) is 10.3 Å². The molecule has 0 atom stereocenters. The molecule has 1 amide bonds. The van der Waals surface area contributed by atoms with E-state index in [0.29, 0.717) is 23.4 Å². The molecule has 0 saturated carbocycles. The molecule has 3 rings (SSSR count). The highest BCUT2D eigenvalue weighted by Crippen LogP contribution is 2.15. The number of rotatable bonds is 5. The third kappa shape index (κ3) is 3.28. The monoisotopic (exact) mass is 326 g/mol. The van der Waals surface area contributed by atoms with E-state index in [1.54, 1.807) is 18.2 Å². The summed E-state index contributed by atoms with van der Waals surface area (Å²) in [6.45, 7) is 0.703. The third-order valence-electron chi connectivity index (χ3n) is 3.71. The number of nitrogens with zero attached hydrogens (tertiary/aromatic N) is 3. The molecule has 0 unspecified atom stereocenters. The molecule has 3 aromatic rings. The van der Waals surface area contributed by atoms with Crippen molar-refractivity contribution in [3.8, 4) is 0 Å². The lowest BCUT2D eigenvalue weighted by atomic mass is 10.2. The lowest BCUT2D eigenvalue weighted by Gasteiger charge is -2.11. The van der Waals surface area contributed by atoms with E-state index in [1.165, 1.54) is 6.07 Å². The average Bonchev–Trinajstić information content (AvgIpc) is 2.92. The molecule has 5 nitrogen and oxygen atoms in total. The van der Waals surface area contributed by atoms with Gasteiger partial charge >= 0.3 is 0 Å². The molecule has 0 aliphatic carbocycles. The summed E-state index contributed by atoms with van der Waals surface area (Å²) >= 11 is 0. The molecule has 0 radical (unpaired) electrons. The topological polar surface area (TPSA) is 49.6 Å². The Balaban J connectivity index is 1.87. The van der Waals surface area contributed by atoms with Crippen LogP contribution in [0.15, 0.2) is 48.7 Å². The second kappa shape index (κ2) is 6.80. The number of benzene rings is 1. The number of nitrogens with one attached hydrogen (secondary N) is 1. The summed E-state index contributed by atoms with van der Waals surface area (Å²) in [7, 11) is 3.87. The second-order valence-electron chi connectivity index (χ2n) is 5.85. The van der Waals surface area contributed by atoms with Crippen LogP contribution in [-0.4, -0.2) is 34.3 Å². The standard InChI is InChI=1S/C18H19FN4O/c1-22(2)12-15-17(21-16-9-5-6-10-23(15)16)18(24)20-11-13-7-3-4-8-14(13)19/h3-10H,11-12H2,1-2H3,(H,20,24). The van der Waals surface area contributed by atoms with E-state index in [0.717, 1.165) is 5.69 Å². The van der Waals surface area contributed by atoms with Gasteiger partial charge in [-0.05, 0) is 32.3 Å². The first-order chi connectivity index (χ1) is 11.6. The maximum atomic E-state index is 13.7. The maximum Gasteiger partial charge on any atom is 0.272 e. The molecule has 1 aromatic carbocycles. The van der Waals surface area contributed by atoms with Gasteiger partial charge < -0.3 is 14.6 Å². The number of aromatic nitrogens is 2. The first-order valence-corrected chi connectivity index (χ1v) is 7.68. The zero-order chi connectivity index (χ0) is 17.1. The first-order valence-electron chi connectivity index (χ1n) is 7.68. The van der Waals surface area contributed by atoms with Gasteiger partial charge in [-0.25, -0.2) is 9.37 Å². The van der Waals surface area contributed by atoms with Gasteiger partial charge in [0, 0.05) is 24.8 Å². The minimum atomic E-state index is -0.332. The van der Waals surface area contributed by atoms with Crippen molar-refractivity contribution in [2.75, 3.05) is 14.1 Å². The van der Waals surface area contributed by atoms with Crippen molar-refractivity contribution >= 4 is 11.6 Å². The van der Waals surface area contributed by atoms with Crippen molar-refractivity contribution < 1.29 is 9.18 Å². The number of carbonyl (C=O) groups excluding carboxylic acids is 1. The predicted octanol–water partition coefficient (Wildman–Crippen LogP) is 2.46. The fourth-order valence-electron chi connectivity index (χ4n) is 2.58. The van der Waals surface area contributed by atoms with Crippen LogP contribution in [0.25, 0.3) is 5.65 Å². The molecule has 2 aromatic heterocycles. The van der Waals surface area contributed by atoms with Crippen LogP contribution in [0.4, 0.5) is 4.39 Å². The van der Waals surface area contributed by atoms with E-state index in [1.807, 2.05) is 47.8 Å². The van der Waals surface area contributed by atoms with Crippen LogP contribution in [0.2, 0.25) is 0 Å². The Morgan fingerprint density at radius 3 is 2.71 bits per heavy atom. The van der Waals surface area contributed by atoms with Crippen LogP contribution in [0.3, 0.4) is 0 Å². The number of amides is 1. The molecule has 124 valence electrons. The summed E-state index contributed by atoms with van der Waals surface area (Å²) in [4.78, 5) is 19.0. The van der Waals surface area contributed by atoms with Crippen LogP contribution in [-0.2, 0) is 13.1 Å². The van der Waals surface area contributed by atoms with E-state index >= 15 is 0 Å². The van der Waals surface area contributed by atoms with E-state index in [4.69, 9.17) is 0 Å². The van der Waals surface area contributed by atoms with E-state index < -0.39 is 0 Å². The van der Waals surface area contributed by atoms with Crippen molar-refractivity contribution in [1.82, 2.24) is 19.6 Å². The van der Waals surface area contributed by atoms with Crippen molar-refractivity contribution in [3.63, 3.8) is 0 Å². The zero-order valence-corrected chi connectivity index (χ0v) is 13.7.